The van der Waals surface area contributed by atoms with Crippen molar-refractivity contribution < 1.29 is 14.4 Å². The average Bonchev–Trinajstić information content (AvgIpc) is 3.14. The zero-order valence-corrected chi connectivity index (χ0v) is 15.6. The number of nitrogens with zero attached hydrogens (tertiary/aromatic N) is 2. The zero-order chi connectivity index (χ0) is 18.1. The fourth-order valence-corrected chi connectivity index (χ4v) is 3.56. The van der Waals surface area contributed by atoms with Gasteiger partial charge in [-0.05, 0) is 54.6 Å². The van der Waals surface area contributed by atoms with Gasteiger partial charge >= 0.3 is 0 Å². The standard InChI is InChI=1S/C20H20N2O3S/c1-13-20(23)22(12-14-3-6-17(26-2)7-4-14)19(21-25-13)16-5-8-18-15(11-16)9-10-24-18/h3-8,11,13H,9-10,12H2,1-2H3. The van der Waals surface area contributed by atoms with Crippen LogP contribution in [0.25, 0.3) is 0 Å². The molecule has 0 saturated heterocycles. The summed E-state index contributed by atoms with van der Waals surface area (Å²) >= 11 is 1.70. The van der Waals surface area contributed by atoms with Crippen LogP contribution in [0.1, 0.15) is 23.6 Å². The van der Waals surface area contributed by atoms with Crippen molar-refractivity contribution >= 4 is 23.5 Å². The smallest absolute Gasteiger partial charge is 0.272 e. The summed E-state index contributed by atoms with van der Waals surface area (Å²) in [5.74, 6) is 1.38. The van der Waals surface area contributed by atoms with E-state index < -0.39 is 6.10 Å². The number of oxime groups is 1. The van der Waals surface area contributed by atoms with Crippen molar-refractivity contribution in [3.8, 4) is 5.75 Å². The molecule has 2 heterocycles. The van der Waals surface area contributed by atoms with Gasteiger partial charge in [-0.2, -0.15) is 0 Å². The second-order valence-electron chi connectivity index (χ2n) is 6.36. The molecule has 0 aromatic heterocycles. The summed E-state index contributed by atoms with van der Waals surface area (Å²) in [6, 6.07) is 14.1. The number of hydrogen-bond donors (Lipinski definition) is 0. The fourth-order valence-electron chi connectivity index (χ4n) is 3.15. The maximum atomic E-state index is 12.8. The minimum Gasteiger partial charge on any atom is -0.493 e. The Balaban J connectivity index is 1.65. The van der Waals surface area contributed by atoms with Crippen LogP contribution in [-0.4, -0.2) is 35.6 Å². The first kappa shape index (κ1) is 17.0. The number of thioether (sulfide) groups is 1. The Bertz CT molecular complexity index is 864. The first-order valence-corrected chi connectivity index (χ1v) is 9.82. The molecule has 1 amide bonds. The van der Waals surface area contributed by atoms with Crippen LogP contribution in [0.4, 0.5) is 0 Å². The fraction of sp³-hybridized carbons (Fsp3) is 0.300. The van der Waals surface area contributed by atoms with Crippen LogP contribution in [0.2, 0.25) is 0 Å². The largest absolute Gasteiger partial charge is 0.493 e. The molecule has 0 saturated carbocycles. The number of fused-ring (bicyclic) bond motifs is 1. The molecule has 2 aliphatic heterocycles. The van der Waals surface area contributed by atoms with E-state index in [0.29, 0.717) is 19.0 Å². The first-order valence-electron chi connectivity index (χ1n) is 8.60. The minimum absolute atomic E-state index is 0.0827. The molecule has 4 rings (SSSR count). The zero-order valence-electron chi connectivity index (χ0n) is 14.8. The highest BCUT2D eigenvalue weighted by molar-refractivity contribution is 7.98. The number of rotatable bonds is 4. The Morgan fingerprint density at radius 1 is 1.23 bits per heavy atom. The second kappa shape index (κ2) is 7.03. The van der Waals surface area contributed by atoms with Crippen molar-refractivity contribution in [3.05, 3.63) is 59.2 Å². The van der Waals surface area contributed by atoms with E-state index in [0.717, 1.165) is 28.9 Å². The number of benzene rings is 2. The molecule has 26 heavy (non-hydrogen) atoms. The molecule has 134 valence electrons. The third kappa shape index (κ3) is 3.17. The van der Waals surface area contributed by atoms with Gasteiger partial charge in [-0.25, -0.2) is 0 Å². The monoisotopic (exact) mass is 368 g/mol. The third-order valence-corrected chi connectivity index (χ3v) is 5.36. The Kier molecular flexibility index (Phi) is 4.59. The minimum atomic E-state index is -0.581. The van der Waals surface area contributed by atoms with Gasteiger partial charge in [0, 0.05) is 16.9 Å². The molecule has 0 spiro atoms. The number of ether oxygens (including phenoxy) is 1. The van der Waals surface area contributed by atoms with Gasteiger partial charge in [0.15, 0.2) is 5.84 Å². The number of amidine groups is 1. The van der Waals surface area contributed by atoms with Gasteiger partial charge in [-0.3, -0.25) is 9.69 Å². The van der Waals surface area contributed by atoms with Gasteiger partial charge in [0.2, 0.25) is 6.10 Å². The summed E-state index contributed by atoms with van der Waals surface area (Å²) in [5, 5.41) is 4.24. The Morgan fingerprint density at radius 3 is 2.81 bits per heavy atom. The van der Waals surface area contributed by atoms with Crippen LogP contribution in [0.5, 0.6) is 5.75 Å². The predicted octanol–water partition coefficient (Wildman–Crippen LogP) is 3.45. The van der Waals surface area contributed by atoms with Crippen molar-refractivity contribution in [2.75, 3.05) is 12.9 Å². The van der Waals surface area contributed by atoms with Crippen molar-refractivity contribution in [1.29, 1.82) is 0 Å². The molecule has 1 atom stereocenters. The molecule has 0 radical (unpaired) electrons. The lowest BCUT2D eigenvalue weighted by atomic mass is 10.1. The molecule has 5 nitrogen and oxygen atoms in total. The molecule has 0 aliphatic carbocycles. The van der Waals surface area contributed by atoms with Gasteiger partial charge in [0.25, 0.3) is 5.91 Å². The summed E-state index contributed by atoms with van der Waals surface area (Å²) in [4.78, 5) is 21.0. The number of carbonyl (C=O) groups excluding carboxylic acids is 1. The van der Waals surface area contributed by atoms with Crippen molar-refractivity contribution in [3.63, 3.8) is 0 Å². The van der Waals surface area contributed by atoms with E-state index in [9.17, 15) is 4.79 Å². The highest BCUT2D eigenvalue weighted by atomic mass is 32.2. The first-order chi connectivity index (χ1) is 12.7. The molecular weight excluding hydrogens is 348 g/mol. The SMILES string of the molecule is CSc1ccc(CN2C(=O)C(C)ON=C2c2ccc3c(c2)CCO3)cc1. The molecule has 2 aromatic carbocycles. The van der Waals surface area contributed by atoms with Crippen LogP contribution < -0.4 is 4.74 Å². The topological polar surface area (TPSA) is 51.1 Å². The normalized spacial score (nSPS) is 18.8. The Labute approximate surface area is 157 Å². The predicted molar refractivity (Wildman–Crippen MR) is 101 cm³/mol. The number of hydrogen-bond acceptors (Lipinski definition) is 5. The van der Waals surface area contributed by atoms with Gasteiger partial charge in [-0.1, -0.05) is 17.3 Å². The maximum Gasteiger partial charge on any atom is 0.272 e. The van der Waals surface area contributed by atoms with E-state index in [1.807, 2.05) is 36.6 Å². The molecule has 0 bridgehead atoms. The van der Waals surface area contributed by atoms with Crippen molar-refractivity contribution in [2.45, 2.75) is 30.9 Å². The van der Waals surface area contributed by atoms with E-state index in [2.05, 4.69) is 17.3 Å². The summed E-state index contributed by atoms with van der Waals surface area (Å²) in [7, 11) is 0. The average molecular weight is 368 g/mol. The lowest BCUT2D eigenvalue weighted by Crippen LogP contribution is -2.46. The van der Waals surface area contributed by atoms with E-state index >= 15 is 0 Å². The van der Waals surface area contributed by atoms with Gasteiger partial charge in [0.1, 0.15) is 5.75 Å². The van der Waals surface area contributed by atoms with E-state index in [1.165, 1.54) is 4.90 Å². The highest BCUT2D eigenvalue weighted by Gasteiger charge is 2.32. The summed E-state index contributed by atoms with van der Waals surface area (Å²) < 4.78 is 5.57. The Morgan fingerprint density at radius 2 is 2.04 bits per heavy atom. The van der Waals surface area contributed by atoms with E-state index in [-0.39, 0.29) is 5.91 Å². The Hall–Kier alpha value is -2.47. The quantitative estimate of drug-likeness (QED) is 0.776. The van der Waals surface area contributed by atoms with Crippen LogP contribution in [0.15, 0.2) is 52.5 Å². The molecule has 6 heteroatoms. The van der Waals surface area contributed by atoms with Gasteiger partial charge < -0.3 is 9.57 Å². The van der Waals surface area contributed by atoms with Crippen LogP contribution in [0, 0.1) is 0 Å². The molecule has 2 aromatic rings. The summed E-state index contributed by atoms with van der Waals surface area (Å²) in [6.45, 7) is 2.89. The lowest BCUT2D eigenvalue weighted by molar-refractivity contribution is -0.142. The third-order valence-electron chi connectivity index (χ3n) is 4.61. The van der Waals surface area contributed by atoms with Gasteiger partial charge in [0.05, 0.1) is 13.2 Å². The molecule has 2 aliphatic rings. The van der Waals surface area contributed by atoms with Crippen molar-refractivity contribution in [1.82, 2.24) is 4.90 Å². The molecule has 0 fully saturated rings. The summed E-state index contributed by atoms with van der Waals surface area (Å²) in [5.41, 5.74) is 3.07. The van der Waals surface area contributed by atoms with E-state index in [4.69, 9.17) is 9.57 Å². The molecule has 0 N–H and O–H groups in total. The van der Waals surface area contributed by atoms with Crippen LogP contribution in [0.3, 0.4) is 0 Å². The highest BCUT2D eigenvalue weighted by Crippen LogP contribution is 2.28. The van der Waals surface area contributed by atoms with Gasteiger partial charge in [-0.15, -0.1) is 11.8 Å². The molecule has 1 unspecified atom stereocenters. The van der Waals surface area contributed by atoms with Crippen molar-refractivity contribution in [2.24, 2.45) is 5.16 Å². The summed E-state index contributed by atoms with van der Waals surface area (Å²) in [6.07, 6.45) is 2.34. The second-order valence-corrected chi connectivity index (χ2v) is 7.24. The number of amides is 1. The maximum absolute atomic E-state index is 12.8. The van der Waals surface area contributed by atoms with E-state index in [1.54, 1.807) is 23.6 Å². The lowest BCUT2D eigenvalue weighted by Gasteiger charge is -2.30. The molecular formula is C20H20N2O3S. The number of carbonyl (C=O) groups is 1. The van der Waals surface area contributed by atoms with Crippen LogP contribution >= 0.6 is 11.8 Å². The van der Waals surface area contributed by atoms with Crippen LogP contribution in [-0.2, 0) is 22.6 Å².